The summed E-state index contributed by atoms with van der Waals surface area (Å²) in [5.41, 5.74) is 0.963. The van der Waals surface area contributed by atoms with Gasteiger partial charge in [-0.25, -0.2) is 8.42 Å². The summed E-state index contributed by atoms with van der Waals surface area (Å²) in [6.45, 7) is 0.328. The molecule has 1 aliphatic carbocycles. The first kappa shape index (κ1) is 23.4. The van der Waals surface area contributed by atoms with Gasteiger partial charge in [-0.1, -0.05) is 36.8 Å². The predicted molar refractivity (Wildman–Crippen MR) is 131 cm³/mol. The van der Waals surface area contributed by atoms with Gasteiger partial charge in [-0.15, -0.1) is 4.40 Å². The molecule has 10 nitrogen and oxygen atoms in total. The number of carbonyl (C=O) groups excluding carboxylic acids is 1. The van der Waals surface area contributed by atoms with E-state index in [4.69, 9.17) is 0 Å². The van der Waals surface area contributed by atoms with Crippen molar-refractivity contribution in [3.05, 3.63) is 65.4 Å². The van der Waals surface area contributed by atoms with Gasteiger partial charge < -0.3 is 15.3 Å². The largest absolute Gasteiger partial charge is 0.511 e. The zero-order valence-electron chi connectivity index (χ0n) is 18.8. The Bertz CT molecular complexity index is 1480. The summed E-state index contributed by atoms with van der Waals surface area (Å²) in [5.74, 6) is -1.19. The Balaban J connectivity index is 1.54. The van der Waals surface area contributed by atoms with Crippen molar-refractivity contribution >= 4 is 43.2 Å². The molecule has 1 amide bonds. The number of nitrogens with one attached hydrogen (secondary N) is 2. The summed E-state index contributed by atoms with van der Waals surface area (Å²) in [6, 6.07) is 13.2. The highest BCUT2D eigenvalue weighted by Gasteiger charge is 2.46. The molecule has 2 aromatic rings. The van der Waals surface area contributed by atoms with E-state index in [0.29, 0.717) is 13.0 Å². The minimum absolute atomic E-state index is 0.0638. The van der Waals surface area contributed by atoms with Crippen molar-refractivity contribution in [1.29, 1.82) is 0 Å². The number of sulfonamides is 2. The maximum atomic E-state index is 13.6. The molecule has 1 fully saturated rings. The average molecular weight is 517 g/mol. The monoisotopic (exact) mass is 516 g/mol. The maximum Gasteiger partial charge on any atom is 0.286 e. The number of carbonyl (C=O) groups is 1. The van der Waals surface area contributed by atoms with Crippen LogP contribution in [0.4, 0.5) is 11.4 Å². The molecule has 2 aromatic carbocycles. The molecule has 0 unspecified atom stereocenters. The van der Waals surface area contributed by atoms with Crippen molar-refractivity contribution in [2.45, 2.75) is 36.7 Å². The number of hydrogen-bond acceptors (Lipinski definition) is 7. The molecule has 1 saturated carbocycles. The first-order valence-corrected chi connectivity index (χ1v) is 14.4. The molecule has 2 atom stereocenters. The van der Waals surface area contributed by atoms with Gasteiger partial charge in [0, 0.05) is 24.2 Å². The predicted octanol–water partition coefficient (Wildman–Crippen LogP) is 2.59. The minimum Gasteiger partial charge on any atom is -0.511 e. The third kappa shape index (κ3) is 4.39. The molecule has 2 aliphatic heterocycles. The lowest BCUT2D eigenvalue weighted by molar-refractivity contribution is -0.132. The molecule has 12 heteroatoms. The molecule has 0 spiro atoms. The molecule has 0 saturated heterocycles. The Morgan fingerprint density at radius 2 is 1.91 bits per heavy atom. The number of rotatable bonds is 5. The van der Waals surface area contributed by atoms with Gasteiger partial charge in [0.05, 0.1) is 11.9 Å². The molecule has 0 radical (unpaired) electrons. The van der Waals surface area contributed by atoms with Crippen molar-refractivity contribution in [3.63, 3.8) is 0 Å². The highest BCUT2D eigenvalue weighted by molar-refractivity contribution is 7.92. The van der Waals surface area contributed by atoms with Crippen LogP contribution in [0.2, 0.25) is 0 Å². The van der Waals surface area contributed by atoms with Gasteiger partial charge in [-0.2, -0.15) is 8.42 Å². The molecule has 2 heterocycles. The van der Waals surface area contributed by atoms with E-state index >= 15 is 0 Å². The topological polar surface area (TPSA) is 145 Å². The smallest absolute Gasteiger partial charge is 0.286 e. The van der Waals surface area contributed by atoms with E-state index in [1.54, 1.807) is 4.90 Å². The Hall–Kier alpha value is -3.38. The van der Waals surface area contributed by atoms with Crippen LogP contribution < -0.4 is 10.0 Å². The highest BCUT2D eigenvalue weighted by Crippen LogP contribution is 2.42. The van der Waals surface area contributed by atoms with Crippen LogP contribution in [0.25, 0.3) is 0 Å². The van der Waals surface area contributed by atoms with Gasteiger partial charge in [0.1, 0.15) is 16.2 Å². The summed E-state index contributed by atoms with van der Waals surface area (Å²) in [4.78, 5) is 15.1. The van der Waals surface area contributed by atoms with Gasteiger partial charge in [0.2, 0.25) is 10.0 Å². The third-order valence-corrected chi connectivity index (χ3v) is 8.34. The van der Waals surface area contributed by atoms with E-state index in [2.05, 4.69) is 14.4 Å². The SMILES string of the molecule is CS(=O)(=O)Nc1ccc2c(c1)S(=O)(=O)N=C(C1=C(O)[C@@H]3CCC[C@@H]3N(Cc3ccccc3)C1=O)N2. The zero-order valence-corrected chi connectivity index (χ0v) is 20.4. The molecule has 0 bridgehead atoms. The van der Waals surface area contributed by atoms with Gasteiger partial charge in [0.15, 0.2) is 5.84 Å². The van der Waals surface area contributed by atoms with Crippen LogP contribution in [0, 0.1) is 5.92 Å². The molecule has 5 rings (SSSR count). The first-order chi connectivity index (χ1) is 16.5. The second-order valence-electron chi connectivity index (χ2n) is 8.91. The Morgan fingerprint density at radius 3 is 2.63 bits per heavy atom. The number of fused-ring (bicyclic) bond motifs is 2. The number of aliphatic hydroxyl groups is 1. The molecule has 0 aromatic heterocycles. The van der Waals surface area contributed by atoms with Crippen LogP contribution in [-0.4, -0.2) is 50.9 Å². The second-order valence-corrected chi connectivity index (χ2v) is 12.2. The molecule has 3 N–H and O–H groups in total. The molecule has 35 heavy (non-hydrogen) atoms. The number of amidine groups is 1. The van der Waals surface area contributed by atoms with Crippen molar-refractivity contribution in [2.75, 3.05) is 16.3 Å². The van der Waals surface area contributed by atoms with E-state index in [9.17, 15) is 26.7 Å². The Labute approximate surface area is 203 Å². The standard InChI is InChI=1S/C23H24N4O6S2/c1-34(30,31)25-15-10-11-17-19(12-15)35(32,33)26-22(24-17)20-21(28)16-8-5-9-18(16)27(23(20)29)13-14-6-3-2-4-7-14/h2-4,6-7,10-12,16,18,25,28H,5,8-9,13H2,1H3,(H,24,26)/t16-,18+/m1/s1. The van der Waals surface area contributed by atoms with Crippen molar-refractivity contribution in [1.82, 2.24) is 4.90 Å². The van der Waals surface area contributed by atoms with Crippen LogP contribution in [-0.2, 0) is 31.4 Å². The van der Waals surface area contributed by atoms with Crippen molar-refractivity contribution in [3.8, 4) is 0 Å². The number of benzene rings is 2. The van der Waals surface area contributed by atoms with Gasteiger partial charge in [-0.05, 0) is 36.6 Å². The summed E-state index contributed by atoms with van der Waals surface area (Å²) in [7, 11) is -7.90. The normalized spacial score (nSPS) is 23.3. The maximum absolute atomic E-state index is 13.6. The molecule has 3 aliphatic rings. The van der Waals surface area contributed by atoms with Crippen LogP contribution >= 0.6 is 0 Å². The summed E-state index contributed by atoms with van der Waals surface area (Å²) >= 11 is 0. The quantitative estimate of drug-likeness (QED) is 0.554. The van der Waals surface area contributed by atoms with E-state index in [1.807, 2.05) is 30.3 Å². The Kier molecular flexibility index (Phi) is 5.59. The van der Waals surface area contributed by atoms with Crippen molar-refractivity contribution < 1.29 is 26.7 Å². The fraction of sp³-hybridized carbons (Fsp3) is 0.304. The van der Waals surface area contributed by atoms with Crippen LogP contribution in [0.3, 0.4) is 0 Å². The fourth-order valence-electron chi connectivity index (χ4n) is 4.96. The van der Waals surface area contributed by atoms with E-state index in [1.165, 1.54) is 12.1 Å². The van der Waals surface area contributed by atoms with Gasteiger partial charge >= 0.3 is 0 Å². The first-order valence-electron chi connectivity index (χ1n) is 11.1. The van der Waals surface area contributed by atoms with Crippen LogP contribution in [0.5, 0.6) is 0 Å². The summed E-state index contributed by atoms with van der Waals surface area (Å²) in [5, 5.41) is 13.9. The second kappa shape index (κ2) is 8.38. The van der Waals surface area contributed by atoms with E-state index < -0.39 is 26.0 Å². The molecule has 184 valence electrons. The third-order valence-electron chi connectivity index (χ3n) is 6.42. The number of amides is 1. The lowest BCUT2D eigenvalue weighted by Crippen LogP contribution is -2.49. The number of anilines is 2. The summed E-state index contributed by atoms with van der Waals surface area (Å²) in [6.07, 6.45) is 3.21. The fourth-order valence-corrected chi connectivity index (χ4v) is 6.66. The lowest BCUT2D eigenvalue weighted by atomic mass is 9.89. The molecular formula is C23H24N4O6S2. The Morgan fingerprint density at radius 1 is 1.17 bits per heavy atom. The average Bonchev–Trinajstić information content (AvgIpc) is 3.27. The molecular weight excluding hydrogens is 492 g/mol. The van der Waals surface area contributed by atoms with Crippen LogP contribution in [0.15, 0.2) is 69.2 Å². The van der Waals surface area contributed by atoms with Gasteiger partial charge in [0.25, 0.3) is 15.9 Å². The van der Waals surface area contributed by atoms with Gasteiger partial charge in [-0.3, -0.25) is 9.52 Å². The minimum atomic E-state index is -4.29. The highest BCUT2D eigenvalue weighted by atomic mass is 32.2. The van der Waals surface area contributed by atoms with E-state index in [-0.39, 0.29) is 45.4 Å². The summed E-state index contributed by atoms with van der Waals surface area (Å²) < 4.78 is 55.2. The number of hydrogen-bond donors (Lipinski definition) is 3. The van der Waals surface area contributed by atoms with E-state index in [0.717, 1.165) is 30.7 Å². The number of nitrogens with zero attached hydrogens (tertiary/aromatic N) is 2. The number of aliphatic hydroxyl groups excluding tert-OH is 1. The lowest BCUT2D eigenvalue weighted by Gasteiger charge is -2.39. The zero-order chi connectivity index (χ0) is 25.0. The van der Waals surface area contributed by atoms with Crippen molar-refractivity contribution in [2.24, 2.45) is 10.3 Å². The van der Waals surface area contributed by atoms with Crippen LogP contribution in [0.1, 0.15) is 24.8 Å².